The van der Waals surface area contributed by atoms with Gasteiger partial charge in [0.15, 0.2) is 0 Å². The van der Waals surface area contributed by atoms with Crippen LogP contribution in [0.25, 0.3) is 0 Å². The van der Waals surface area contributed by atoms with Crippen LogP contribution >= 0.6 is 0 Å². The number of hydrogen-bond donors (Lipinski definition) is 2. The van der Waals surface area contributed by atoms with Crippen LogP contribution in [0.1, 0.15) is 5.56 Å². The highest BCUT2D eigenvalue weighted by molar-refractivity contribution is 5.56. The molecule has 1 saturated heterocycles. The van der Waals surface area contributed by atoms with Crippen LogP contribution in [0.2, 0.25) is 0 Å². The maximum Gasteiger partial charge on any atom is 0.229 e. The normalized spacial score (nSPS) is 14.8. The molecule has 0 spiro atoms. The second-order valence-electron chi connectivity index (χ2n) is 5.46. The summed E-state index contributed by atoms with van der Waals surface area (Å²) in [6.45, 7) is 5.38. The fourth-order valence-electron chi connectivity index (χ4n) is 2.44. The molecule has 0 amide bonds. The molecule has 0 atom stereocenters. The van der Waals surface area contributed by atoms with Crippen molar-refractivity contribution in [3.05, 3.63) is 42.1 Å². The first-order valence-corrected chi connectivity index (χ1v) is 7.98. The molecule has 0 aliphatic carbocycles. The first kappa shape index (κ1) is 16.2. The van der Waals surface area contributed by atoms with E-state index < -0.39 is 0 Å². The summed E-state index contributed by atoms with van der Waals surface area (Å²) in [7, 11) is 0. The van der Waals surface area contributed by atoms with E-state index in [4.69, 9.17) is 10.00 Å². The lowest BCUT2D eigenvalue weighted by molar-refractivity contribution is 0.0398. The predicted octanol–water partition coefficient (Wildman–Crippen LogP) is 1.84. The monoisotopic (exact) mass is 324 g/mol. The summed E-state index contributed by atoms with van der Waals surface area (Å²) in [5.74, 6) is 1.31. The summed E-state index contributed by atoms with van der Waals surface area (Å²) < 4.78 is 5.34. The van der Waals surface area contributed by atoms with Crippen molar-refractivity contribution in [1.29, 1.82) is 5.26 Å². The Kier molecular flexibility index (Phi) is 5.56. The number of benzene rings is 1. The molecule has 2 aromatic rings. The summed E-state index contributed by atoms with van der Waals surface area (Å²) in [5, 5.41) is 15.3. The zero-order valence-electron chi connectivity index (χ0n) is 13.4. The number of aromatic nitrogens is 2. The predicted molar refractivity (Wildman–Crippen MR) is 92.2 cm³/mol. The molecule has 7 heteroatoms. The van der Waals surface area contributed by atoms with E-state index in [1.54, 1.807) is 18.3 Å². The van der Waals surface area contributed by atoms with Crippen LogP contribution < -0.4 is 10.6 Å². The van der Waals surface area contributed by atoms with Gasteiger partial charge in [-0.3, -0.25) is 4.90 Å². The molecule has 7 nitrogen and oxygen atoms in total. The zero-order valence-corrected chi connectivity index (χ0v) is 13.4. The molecule has 0 saturated carbocycles. The number of hydrogen-bond acceptors (Lipinski definition) is 7. The summed E-state index contributed by atoms with van der Waals surface area (Å²) in [5.41, 5.74) is 1.47. The first-order chi connectivity index (χ1) is 11.8. The molecule has 1 aromatic heterocycles. The third-order valence-corrected chi connectivity index (χ3v) is 3.76. The second kappa shape index (κ2) is 8.24. The van der Waals surface area contributed by atoms with Gasteiger partial charge in [-0.2, -0.15) is 10.2 Å². The van der Waals surface area contributed by atoms with Crippen LogP contribution in [0.4, 0.5) is 17.5 Å². The van der Waals surface area contributed by atoms with Gasteiger partial charge in [-0.15, -0.1) is 0 Å². The van der Waals surface area contributed by atoms with Crippen LogP contribution in [0, 0.1) is 11.3 Å². The van der Waals surface area contributed by atoms with E-state index in [1.165, 1.54) is 0 Å². The Bertz CT molecular complexity index is 691. The van der Waals surface area contributed by atoms with Gasteiger partial charge in [0, 0.05) is 38.1 Å². The van der Waals surface area contributed by atoms with Gasteiger partial charge < -0.3 is 15.4 Å². The summed E-state index contributed by atoms with van der Waals surface area (Å²) in [6, 6.07) is 11.1. The van der Waals surface area contributed by atoms with Gasteiger partial charge >= 0.3 is 0 Å². The molecule has 1 aliphatic heterocycles. The minimum Gasteiger partial charge on any atom is -0.379 e. The van der Waals surface area contributed by atoms with Crippen LogP contribution in [0.15, 0.2) is 36.5 Å². The van der Waals surface area contributed by atoms with Gasteiger partial charge in [-0.1, -0.05) is 0 Å². The molecule has 0 radical (unpaired) electrons. The van der Waals surface area contributed by atoms with E-state index in [-0.39, 0.29) is 0 Å². The van der Waals surface area contributed by atoms with E-state index in [0.29, 0.717) is 11.5 Å². The van der Waals surface area contributed by atoms with Crippen molar-refractivity contribution in [3.63, 3.8) is 0 Å². The van der Waals surface area contributed by atoms with Crippen molar-refractivity contribution in [2.75, 3.05) is 50.0 Å². The van der Waals surface area contributed by atoms with Gasteiger partial charge in [0.1, 0.15) is 5.82 Å². The number of nitriles is 1. The smallest absolute Gasteiger partial charge is 0.229 e. The largest absolute Gasteiger partial charge is 0.379 e. The van der Waals surface area contributed by atoms with Crippen molar-refractivity contribution in [2.45, 2.75) is 0 Å². The third kappa shape index (κ3) is 4.65. The highest BCUT2D eigenvalue weighted by atomic mass is 16.5. The Morgan fingerprint density at radius 3 is 2.71 bits per heavy atom. The molecule has 24 heavy (non-hydrogen) atoms. The number of nitrogens with zero attached hydrogens (tertiary/aromatic N) is 4. The van der Waals surface area contributed by atoms with Gasteiger partial charge in [0.25, 0.3) is 0 Å². The van der Waals surface area contributed by atoms with Gasteiger partial charge in [0.2, 0.25) is 5.95 Å². The average molecular weight is 324 g/mol. The van der Waals surface area contributed by atoms with Gasteiger partial charge in [-0.25, -0.2) is 4.98 Å². The van der Waals surface area contributed by atoms with Crippen LogP contribution in [0.3, 0.4) is 0 Å². The number of rotatable bonds is 6. The van der Waals surface area contributed by atoms with Crippen molar-refractivity contribution in [2.24, 2.45) is 0 Å². The molecule has 1 aliphatic rings. The molecule has 3 rings (SSSR count). The van der Waals surface area contributed by atoms with E-state index in [1.807, 2.05) is 18.2 Å². The Hall–Kier alpha value is -2.69. The number of nitrogens with one attached hydrogen (secondary N) is 2. The lowest BCUT2D eigenvalue weighted by Crippen LogP contribution is -2.39. The van der Waals surface area contributed by atoms with E-state index >= 15 is 0 Å². The molecule has 1 aromatic carbocycles. The third-order valence-electron chi connectivity index (χ3n) is 3.76. The first-order valence-electron chi connectivity index (χ1n) is 7.98. The molecule has 2 heterocycles. The van der Waals surface area contributed by atoms with Gasteiger partial charge in [0.05, 0.1) is 24.8 Å². The number of anilines is 3. The minimum absolute atomic E-state index is 0.524. The van der Waals surface area contributed by atoms with Crippen molar-refractivity contribution in [3.8, 4) is 6.07 Å². The average Bonchev–Trinajstić information content (AvgIpc) is 2.64. The van der Waals surface area contributed by atoms with Crippen LogP contribution in [-0.2, 0) is 4.74 Å². The molecule has 0 bridgehead atoms. The van der Waals surface area contributed by atoms with Crippen molar-refractivity contribution in [1.82, 2.24) is 14.9 Å². The zero-order chi connectivity index (χ0) is 16.6. The van der Waals surface area contributed by atoms with E-state index in [2.05, 4.69) is 31.6 Å². The summed E-state index contributed by atoms with van der Waals surface area (Å²) >= 11 is 0. The van der Waals surface area contributed by atoms with E-state index in [9.17, 15) is 0 Å². The van der Waals surface area contributed by atoms with Crippen LogP contribution in [-0.4, -0.2) is 54.3 Å². The van der Waals surface area contributed by atoms with Gasteiger partial charge in [-0.05, 0) is 30.3 Å². The minimum atomic E-state index is 0.524. The molecule has 1 fully saturated rings. The van der Waals surface area contributed by atoms with Crippen molar-refractivity contribution >= 4 is 17.5 Å². The molecular formula is C17H20N6O. The van der Waals surface area contributed by atoms with E-state index in [0.717, 1.165) is 50.9 Å². The van der Waals surface area contributed by atoms with Crippen molar-refractivity contribution < 1.29 is 4.74 Å². The quantitative estimate of drug-likeness (QED) is 0.838. The Balaban J connectivity index is 1.52. The maximum atomic E-state index is 8.82. The summed E-state index contributed by atoms with van der Waals surface area (Å²) in [6.07, 6.45) is 1.72. The second-order valence-corrected chi connectivity index (χ2v) is 5.46. The lowest BCUT2D eigenvalue weighted by atomic mass is 10.2. The molecule has 124 valence electrons. The lowest BCUT2D eigenvalue weighted by Gasteiger charge is -2.26. The Labute approximate surface area is 141 Å². The number of morpholine rings is 1. The fraction of sp³-hybridized carbons (Fsp3) is 0.353. The molecule has 2 N–H and O–H groups in total. The Morgan fingerprint density at radius 2 is 1.96 bits per heavy atom. The maximum absolute atomic E-state index is 8.82. The molecule has 0 unspecified atom stereocenters. The SMILES string of the molecule is N#Cc1ccc(Nc2nccc(NCCN3CCOCC3)n2)cc1. The van der Waals surface area contributed by atoms with Crippen LogP contribution in [0.5, 0.6) is 0 Å². The Morgan fingerprint density at radius 1 is 1.17 bits per heavy atom. The fourth-order valence-corrected chi connectivity index (χ4v) is 2.44. The highest BCUT2D eigenvalue weighted by Crippen LogP contribution is 2.14. The topological polar surface area (TPSA) is 86.1 Å². The highest BCUT2D eigenvalue weighted by Gasteiger charge is 2.09. The molecular weight excluding hydrogens is 304 g/mol. The standard InChI is InChI=1S/C17H20N6O/c18-13-14-1-3-15(4-2-14)21-17-20-6-5-16(22-17)19-7-8-23-9-11-24-12-10-23/h1-6H,7-12H2,(H2,19,20,21,22). The number of ether oxygens (including phenoxy) is 1. The summed E-state index contributed by atoms with van der Waals surface area (Å²) in [4.78, 5) is 11.0.